The van der Waals surface area contributed by atoms with Gasteiger partial charge in [-0.1, -0.05) is 12.1 Å². The van der Waals surface area contributed by atoms with Gasteiger partial charge in [0.15, 0.2) is 5.82 Å². The average Bonchev–Trinajstić information content (AvgIpc) is 2.90. The van der Waals surface area contributed by atoms with Crippen molar-refractivity contribution in [2.75, 3.05) is 11.9 Å². The van der Waals surface area contributed by atoms with E-state index in [9.17, 15) is 4.79 Å². The molecule has 0 spiro atoms. The van der Waals surface area contributed by atoms with Crippen molar-refractivity contribution in [3.8, 4) is 0 Å². The quantitative estimate of drug-likeness (QED) is 0.840. The Bertz CT molecular complexity index is 624. The number of aryl methyl sites for hydroxylation is 2. The van der Waals surface area contributed by atoms with E-state index >= 15 is 0 Å². The molecule has 112 valence electrons. The van der Waals surface area contributed by atoms with Crippen LogP contribution in [0.2, 0.25) is 0 Å². The van der Waals surface area contributed by atoms with Crippen LogP contribution in [0.25, 0.3) is 0 Å². The summed E-state index contributed by atoms with van der Waals surface area (Å²) in [5.41, 5.74) is 1.43. The number of pyridine rings is 1. The predicted octanol–water partition coefficient (Wildman–Crippen LogP) is 1.70. The Morgan fingerprint density at radius 1 is 1.29 bits per heavy atom. The van der Waals surface area contributed by atoms with Crippen molar-refractivity contribution >= 4 is 11.7 Å². The highest BCUT2D eigenvalue weighted by Crippen LogP contribution is 2.11. The Hall–Kier alpha value is -2.44. The molecule has 0 saturated carbocycles. The molecular weight excluding hydrogens is 270 g/mol. The molecule has 0 aromatic carbocycles. The lowest BCUT2D eigenvalue weighted by Gasteiger charge is -2.08. The lowest BCUT2D eigenvalue weighted by Crippen LogP contribution is -2.23. The second-order valence-corrected chi connectivity index (χ2v) is 4.53. The van der Waals surface area contributed by atoms with Gasteiger partial charge in [-0.3, -0.25) is 4.79 Å². The smallest absolute Gasteiger partial charge is 0.251 e. The molecule has 21 heavy (non-hydrogen) atoms. The summed E-state index contributed by atoms with van der Waals surface area (Å²) in [6.07, 6.45) is 0.766. The summed E-state index contributed by atoms with van der Waals surface area (Å²) in [4.78, 5) is 20.6. The molecule has 2 rings (SSSR count). The fraction of sp³-hybridized carbons (Fsp3) is 0.429. The minimum absolute atomic E-state index is 0.192. The zero-order valence-corrected chi connectivity index (χ0v) is 12.4. The number of aromatic nitrogens is 3. The number of carbonyl (C=O) groups excluding carboxylic acids is 1. The molecule has 7 nitrogen and oxygen atoms in total. The highest BCUT2D eigenvalue weighted by molar-refractivity contribution is 5.94. The molecule has 2 N–H and O–H groups in total. The van der Waals surface area contributed by atoms with E-state index in [0.717, 1.165) is 18.7 Å². The summed E-state index contributed by atoms with van der Waals surface area (Å²) >= 11 is 0. The van der Waals surface area contributed by atoms with Crippen molar-refractivity contribution in [1.82, 2.24) is 20.4 Å². The first-order chi connectivity index (χ1) is 10.1. The first kappa shape index (κ1) is 15.0. The molecule has 1 amide bonds. The van der Waals surface area contributed by atoms with Crippen LogP contribution in [-0.4, -0.2) is 27.6 Å². The van der Waals surface area contributed by atoms with Crippen LogP contribution in [0, 0.1) is 6.92 Å². The fourth-order valence-electron chi connectivity index (χ4n) is 1.84. The Kier molecular flexibility index (Phi) is 4.86. The summed E-state index contributed by atoms with van der Waals surface area (Å²) < 4.78 is 4.96. The minimum Gasteiger partial charge on any atom is -0.370 e. The lowest BCUT2D eigenvalue weighted by molar-refractivity contribution is 0.0946. The van der Waals surface area contributed by atoms with E-state index < -0.39 is 0 Å². The molecule has 0 radical (unpaired) electrons. The summed E-state index contributed by atoms with van der Waals surface area (Å²) in [7, 11) is 0. The van der Waals surface area contributed by atoms with Crippen LogP contribution in [-0.2, 0) is 13.0 Å². The molecule has 2 aromatic rings. The van der Waals surface area contributed by atoms with Gasteiger partial charge in [0.25, 0.3) is 5.91 Å². The minimum atomic E-state index is -0.192. The van der Waals surface area contributed by atoms with Crippen LogP contribution in [0.1, 0.15) is 41.6 Å². The van der Waals surface area contributed by atoms with Crippen LogP contribution in [0.3, 0.4) is 0 Å². The number of nitrogens with zero attached hydrogens (tertiary/aromatic N) is 3. The number of carbonyl (C=O) groups is 1. The van der Waals surface area contributed by atoms with E-state index in [-0.39, 0.29) is 12.5 Å². The van der Waals surface area contributed by atoms with Gasteiger partial charge in [0, 0.05) is 17.8 Å². The van der Waals surface area contributed by atoms with Gasteiger partial charge in [0.05, 0.1) is 6.54 Å². The molecule has 0 bridgehead atoms. The van der Waals surface area contributed by atoms with Crippen LogP contribution in [0.15, 0.2) is 16.7 Å². The van der Waals surface area contributed by atoms with E-state index in [2.05, 4.69) is 25.8 Å². The van der Waals surface area contributed by atoms with Crippen molar-refractivity contribution in [3.05, 3.63) is 35.1 Å². The maximum Gasteiger partial charge on any atom is 0.251 e. The first-order valence-electron chi connectivity index (χ1n) is 6.94. The predicted molar refractivity (Wildman–Crippen MR) is 78.0 cm³/mol. The second kappa shape index (κ2) is 6.83. The van der Waals surface area contributed by atoms with Crippen molar-refractivity contribution < 1.29 is 9.32 Å². The second-order valence-electron chi connectivity index (χ2n) is 4.53. The van der Waals surface area contributed by atoms with Gasteiger partial charge in [0.1, 0.15) is 5.82 Å². The number of hydrogen-bond acceptors (Lipinski definition) is 6. The monoisotopic (exact) mass is 289 g/mol. The number of hydrogen-bond donors (Lipinski definition) is 2. The molecule has 0 aliphatic heterocycles. The van der Waals surface area contributed by atoms with Gasteiger partial charge in [-0.15, -0.1) is 0 Å². The van der Waals surface area contributed by atoms with Crippen molar-refractivity contribution in [3.63, 3.8) is 0 Å². The first-order valence-corrected chi connectivity index (χ1v) is 6.94. The standard InChI is InChI=1S/C14H19N5O2/c1-4-11-6-10(7-12(18-11)15-5-2)14(20)16-8-13-17-9(3)19-21-13/h6-7H,4-5,8H2,1-3H3,(H,15,18)(H,16,20). The molecule has 0 aliphatic carbocycles. The third-order valence-corrected chi connectivity index (χ3v) is 2.83. The topological polar surface area (TPSA) is 92.9 Å². The molecule has 0 saturated heterocycles. The summed E-state index contributed by atoms with van der Waals surface area (Å²) in [6, 6.07) is 3.52. The van der Waals surface area contributed by atoms with Gasteiger partial charge >= 0.3 is 0 Å². The van der Waals surface area contributed by atoms with Crippen LogP contribution in [0.5, 0.6) is 0 Å². The highest BCUT2D eigenvalue weighted by Gasteiger charge is 2.11. The van der Waals surface area contributed by atoms with Gasteiger partial charge in [-0.05, 0) is 32.4 Å². The van der Waals surface area contributed by atoms with E-state index in [1.807, 2.05) is 13.8 Å². The van der Waals surface area contributed by atoms with E-state index in [1.54, 1.807) is 19.1 Å². The largest absolute Gasteiger partial charge is 0.370 e. The van der Waals surface area contributed by atoms with E-state index in [4.69, 9.17) is 4.52 Å². The van der Waals surface area contributed by atoms with E-state index in [0.29, 0.717) is 23.1 Å². The molecule has 2 heterocycles. The molecule has 0 aliphatic rings. The molecule has 0 fully saturated rings. The van der Waals surface area contributed by atoms with Crippen molar-refractivity contribution in [1.29, 1.82) is 0 Å². The van der Waals surface area contributed by atoms with Gasteiger partial charge in [-0.2, -0.15) is 4.98 Å². The Morgan fingerprint density at radius 2 is 2.10 bits per heavy atom. The number of nitrogens with one attached hydrogen (secondary N) is 2. The third kappa shape index (κ3) is 4.01. The average molecular weight is 289 g/mol. The Labute approximate surface area is 123 Å². The third-order valence-electron chi connectivity index (χ3n) is 2.83. The van der Waals surface area contributed by atoms with E-state index in [1.165, 1.54) is 0 Å². The van der Waals surface area contributed by atoms with Crippen LogP contribution >= 0.6 is 0 Å². The maximum atomic E-state index is 12.2. The maximum absolute atomic E-state index is 12.2. The number of rotatable bonds is 6. The summed E-state index contributed by atoms with van der Waals surface area (Å²) in [5, 5.41) is 9.56. The molecule has 7 heteroatoms. The summed E-state index contributed by atoms with van der Waals surface area (Å²) in [5.74, 6) is 1.45. The highest BCUT2D eigenvalue weighted by atomic mass is 16.5. The zero-order chi connectivity index (χ0) is 15.2. The lowest BCUT2D eigenvalue weighted by atomic mass is 10.2. The van der Waals surface area contributed by atoms with Gasteiger partial charge in [0.2, 0.25) is 5.89 Å². The van der Waals surface area contributed by atoms with Gasteiger partial charge < -0.3 is 15.2 Å². The Balaban J connectivity index is 2.08. The number of amides is 1. The number of anilines is 1. The normalized spacial score (nSPS) is 10.4. The molecule has 0 atom stereocenters. The Morgan fingerprint density at radius 3 is 2.71 bits per heavy atom. The van der Waals surface area contributed by atoms with Gasteiger partial charge in [-0.25, -0.2) is 4.98 Å². The summed E-state index contributed by atoms with van der Waals surface area (Å²) in [6.45, 7) is 6.68. The molecule has 2 aromatic heterocycles. The fourth-order valence-corrected chi connectivity index (χ4v) is 1.84. The zero-order valence-electron chi connectivity index (χ0n) is 12.4. The van der Waals surface area contributed by atoms with Crippen LogP contribution in [0.4, 0.5) is 5.82 Å². The molecular formula is C14H19N5O2. The van der Waals surface area contributed by atoms with Crippen LogP contribution < -0.4 is 10.6 Å². The SMILES string of the molecule is CCNc1cc(C(=O)NCc2nc(C)no2)cc(CC)n1. The van der Waals surface area contributed by atoms with Crippen molar-refractivity contribution in [2.45, 2.75) is 33.7 Å². The van der Waals surface area contributed by atoms with Crippen molar-refractivity contribution in [2.24, 2.45) is 0 Å². The molecule has 0 unspecified atom stereocenters.